The highest BCUT2D eigenvalue weighted by Gasteiger charge is 2.02. The van der Waals surface area contributed by atoms with Gasteiger partial charge in [-0.3, -0.25) is 21.1 Å². The summed E-state index contributed by atoms with van der Waals surface area (Å²) in [6.07, 6.45) is 2.85. The lowest BCUT2D eigenvalue weighted by Crippen LogP contribution is -2.44. The number of amides is 1. The number of carbonyl (C=O) groups is 1. The molecule has 0 radical (unpaired) electrons. The number of hydrogen-bond acceptors (Lipinski definition) is 4. The number of guanidine groups is 1. The van der Waals surface area contributed by atoms with Crippen molar-refractivity contribution in [1.29, 1.82) is 5.41 Å². The number of hydrogen-bond donors (Lipinski definition) is 4. The summed E-state index contributed by atoms with van der Waals surface area (Å²) in [5.74, 6) is 0.480. The molecule has 0 unspecified atom stereocenters. The van der Waals surface area contributed by atoms with E-state index in [1.165, 1.54) is 13.2 Å². The largest absolute Gasteiger partial charge is 0.497 e. The van der Waals surface area contributed by atoms with E-state index in [2.05, 4.69) is 10.9 Å². The third-order valence-electron chi connectivity index (χ3n) is 2.17. The second-order valence-corrected chi connectivity index (χ2v) is 3.47. The summed E-state index contributed by atoms with van der Waals surface area (Å²) in [6.45, 7) is 0. The zero-order chi connectivity index (χ0) is 14.3. The Kier molecular flexibility index (Phi) is 7.61. The molecular formula is C12H17ClN4O3. The third-order valence-corrected chi connectivity index (χ3v) is 2.17. The van der Waals surface area contributed by atoms with E-state index in [0.29, 0.717) is 17.1 Å². The summed E-state index contributed by atoms with van der Waals surface area (Å²) in [6, 6.07) is 5.23. The average molecular weight is 301 g/mol. The number of carbonyl (C=O) groups excluding carboxylic acids is 1. The Balaban J connectivity index is 0.00000361. The minimum absolute atomic E-state index is 0. The number of rotatable bonds is 4. The summed E-state index contributed by atoms with van der Waals surface area (Å²) in [7, 11) is 3.09. The molecule has 8 heteroatoms. The van der Waals surface area contributed by atoms with Crippen molar-refractivity contribution in [2.24, 2.45) is 5.73 Å². The first kappa shape index (κ1) is 17.6. The van der Waals surface area contributed by atoms with Crippen LogP contribution in [0.3, 0.4) is 0 Å². The molecule has 0 bridgehead atoms. The Bertz CT molecular complexity index is 505. The number of hydrazine groups is 1. The van der Waals surface area contributed by atoms with E-state index in [1.54, 1.807) is 31.4 Å². The van der Waals surface area contributed by atoms with Gasteiger partial charge in [0.2, 0.25) is 5.96 Å². The van der Waals surface area contributed by atoms with Gasteiger partial charge >= 0.3 is 0 Å². The molecule has 0 aliphatic carbocycles. The maximum Gasteiger partial charge on any atom is 0.262 e. The molecule has 1 aromatic rings. The van der Waals surface area contributed by atoms with Gasteiger partial charge in [-0.1, -0.05) is 0 Å². The molecule has 20 heavy (non-hydrogen) atoms. The molecule has 0 spiro atoms. The number of nitrogens with one attached hydrogen (secondary N) is 3. The monoisotopic (exact) mass is 300 g/mol. The molecule has 0 saturated heterocycles. The molecule has 7 nitrogen and oxygen atoms in total. The first-order valence-corrected chi connectivity index (χ1v) is 5.37. The fourth-order valence-electron chi connectivity index (χ4n) is 1.31. The van der Waals surface area contributed by atoms with Crippen LogP contribution in [0.25, 0.3) is 6.08 Å². The van der Waals surface area contributed by atoms with Crippen LogP contribution in [0.15, 0.2) is 24.3 Å². The number of nitrogens with two attached hydrogens (primary N) is 1. The standard InChI is InChI=1S/C12H16N4O3.ClH/c1-18-9-4-5-10(19-2)8(7-9)3-6-11(17)15-16-12(13)14;/h3-7H,1-2H3,(H,15,17)(H4,13,14,16);1H/b6-3+;. The Morgan fingerprint density at radius 2 is 2.00 bits per heavy atom. The lowest BCUT2D eigenvalue weighted by molar-refractivity contribution is -0.117. The van der Waals surface area contributed by atoms with Crippen LogP contribution in [0.5, 0.6) is 11.5 Å². The topological polar surface area (TPSA) is 109 Å². The zero-order valence-electron chi connectivity index (χ0n) is 11.1. The van der Waals surface area contributed by atoms with Crippen LogP contribution < -0.4 is 26.1 Å². The number of ether oxygens (including phenoxy) is 2. The van der Waals surface area contributed by atoms with Gasteiger partial charge in [-0.2, -0.15) is 0 Å². The highest BCUT2D eigenvalue weighted by atomic mass is 35.5. The molecule has 0 aliphatic heterocycles. The summed E-state index contributed by atoms with van der Waals surface area (Å²) in [5.41, 5.74) is 10.1. The fourth-order valence-corrected chi connectivity index (χ4v) is 1.31. The molecule has 1 amide bonds. The van der Waals surface area contributed by atoms with Crippen molar-refractivity contribution in [2.45, 2.75) is 0 Å². The Hall–Kier alpha value is -2.41. The predicted molar refractivity (Wildman–Crippen MR) is 79.0 cm³/mol. The molecule has 1 aromatic carbocycles. The van der Waals surface area contributed by atoms with Crippen LogP contribution in [0.2, 0.25) is 0 Å². The van der Waals surface area contributed by atoms with Gasteiger partial charge < -0.3 is 15.2 Å². The summed E-state index contributed by atoms with van der Waals surface area (Å²) in [5, 5.41) is 6.89. The van der Waals surface area contributed by atoms with Crippen LogP contribution in [-0.4, -0.2) is 26.1 Å². The Morgan fingerprint density at radius 3 is 2.55 bits per heavy atom. The SMILES string of the molecule is COc1ccc(OC)c(/C=C/C(=O)NNC(=N)N)c1.Cl. The molecule has 110 valence electrons. The third kappa shape index (κ3) is 5.49. The van der Waals surface area contributed by atoms with Gasteiger partial charge in [0.25, 0.3) is 5.91 Å². The fraction of sp³-hybridized carbons (Fsp3) is 0.167. The maximum atomic E-state index is 11.4. The van der Waals surface area contributed by atoms with Crippen molar-refractivity contribution < 1.29 is 14.3 Å². The first-order chi connectivity index (χ1) is 9.06. The van der Waals surface area contributed by atoms with E-state index in [9.17, 15) is 4.79 Å². The van der Waals surface area contributed by atoms with Crippen LogP contribution >= 0.6 is 12.4 Å². The molecule has 0 aliphatic rings. The molecule has 0 aromatic heterocycles. The molecule has 0 fully saturated rings. The number of methoxy groups -OCH3 is 2. The van der Waals surface area contributed by atoms with Crippen molar-refractivity contribution in [2.75, 3.05) is 14.2 Å². The molecule has 1 rings (SSSR count). The Labute approximate surface area is 123 Å². The number of benzene rings is 1. The quantitative estimate of drug-likeness (QED) is 0.282. The molecule has 5 N–H and O–H groups in total. The lowest BCUT2D eigenvalue weighted by atomic mass is 10.1. The minimum atomic E-state index is -0.444. The number of halogens is 1. The summed E-state index contributed by atoms with van der Waals surface area (Å²) >= 11 is 0. The average Bonchev–Trinajstić information content (AvgIpc) is 2.42. The maximum absolute atomic E-state index is 11.4. The smallest absolute Gasteiger partial charge is 0.262 e. The van der Waals surface area contributed by atoms with Crippen LogP contribution in [-0.2, 0) is 4.79 Å². The zero-order valence-corrected chi connectivity index (χ0v) is 11.9. The van der Waals surface area contributed by atoms with E-state index in [0.717, 1.165) is 0 Å². The van der Waals surface area contributed by atoms with Crippen LogP contribution in [0, 0.1) is 5.41 Å². The van der Waals surface area contributed by atoms with E-state index >= 15 is 0 Å². The molecule has 0 atom stereocenters. The second kappa shape index (κ2) is 8.65. The summed E-state index contributed by atoms with van der Waals surface area (Å²) < 4.78 is 10.3. The van der Waals surface area contributed by atoms with Gasteiger partial charge in [-0.05, 0) is 24.3 Å². The molecule has 0 saturated carbocycles. The van der Waals surface area contributed by atoms with E-state index in [4.69, 9.17) is 20.6 Å². The van der Waals surface area contributed by atoms with Gasteiger partial charge in [-0.25, -0.2) is 0 Å². The van der Waals surface area contributed by atoms with Crippen molar-refractivity contribution in [3.63, 3.8) is 0 Å². The van der Waals surface area contributed by atoms with Crippen molar-refractivity contribution in [3.8, 4) is 11.5 Å². The highest BCUT2D eigenvalue weighted by Crippen LogP contribution is 2.24. The second-order valence-electron chi connectivity index (χ2n) is 3.47. The molecular weight excluding hydrogens is 284 g/mol. The van der Waals surface area contributed by atoms with Gasteiger partial charge in [0, 0.05) is 11.6 Å². The van der Waals surface area contributed by atoms with Crippen molar-refractivity contribution in [1.82, 2.24) is 10.9 Å². The van der Waals surface area contributed by atoms with Crippen molar-refractivity contribution >= 4 is 30.3 Å². The van der Waals surface area contributed by atoms with Gasteiger partial charge in [0.15, 0.2) is 0 Å². The van der Waals surface area contributed by atoms with E-state index in [-0.39, 0.29) is 18.4 Å². The van der Waals surface area contributed by atoms with E-state index < -0.39 is 5.91 Å². The van der Waals surface area contributed by atoms with Crippen LogP contribution in [0.4, 0.5) is 0 Å². The normalized spacial score (nSPS) is 9.50. The van der Waals surface area contributed by atoms with Gasteiger partial charge in [0.1, 0.15) is 11.5 Å². The highest BCUT2D eigenvalue weighted by molar-refractivity contribution is 5.93. The minimum Gasteiger partial charge on any atom is -0.497 e. The predicted octanol–water partition coefficient (Wildman–Crippen LogP) is 0.653. The lowest BCUT2D eigenvalue weighted by Gasteiger charge is -2.07. The Morgan fingerprint density at radius 1 is 1.30 bits per heavy atom. The van der Waals surface area contributed by atoms with Crippen molar-refractivity contribution in [3.05, 3.63) is 29.8 Å². The van der Waals surface area contributed by atoms with Gasteiger partial charge in [0.05, 0.1) is 14.2 Å². The summed E-state index contributed by atoms with van der Waals surface area (Å²) in [4.78, 5) is 11.4. The molecule has 0 heterocycles. The van der Waals surface area contributed by atoms with E-state index in [1.807, 2.05) is 0 Å². The van der Waals surface area contributed by atoms with Gasteiger partial charge in [-0.15, -0.1) is 12.4 Å². The van der Waals surface area contributed by atoms with Crippen LogP contribution in [0.1, 0.15) is 5.56 Å². The first-order valence-electron chi connectivity index (χ1n) is 5.37.